The van der Waals surface area contributed by atoms with Gasteiger partial charge in [0.05, 0.1) is 6.54 Å². The molecule has 0 aliphatic heterocycles. The second-order valence-electron chi connectivity index (χ2n) is 7.50. The normalized spacial score (nSPS) is 11.4. The fourth-order valence-electron chi connectivity index (χ4n) is 2.63. The van der Waals surface area contributed by atoms with Gasteiger partial charge in [-0.3, -0.25) is 4.79 Å². The molecular formula is C21H22ClN3O2. The molecule has 0 saturated carbocycles. The van der Waals surface area contributed by atoms with Crippen LogP contribution < -0.4 is 0 Å². The van der Waals surface area contributed by atoms with Crippen LogP contribution in [-0.4, -0.2) is 28.1 Å². The molecule has 6 heteroatoms. The van der Waals surface area contributed by atoms with Gasteiger partial charge in [-0.05, 0) is 47.4 Å². The van der Waals surface area contributed by atoms with Gasteiger partial charge in [-0.1, -0.05) is 44.5 Å². The van der Waals surface area contributed by atoms with E-state index < -0.39 is 0 Å². The molecule has 0 aliphatic carbocycles. The molecule has 0 N–H and O–H groups in total. The van der Waals surface area contributed by atoms with Crippen molar-refractivity contribution in [2.45, 2.75) is 32.7 Å². The highest BCUT2D eigenvalue weighted by atomic mass is 35.5. The van der Waals surface area contributed by atoms with Crippen molar-refractivity contribution in [1.29, 1.82) is 0 Å². The van der Waals surface area contributed by atoms with Crippen LogP contribution in [0.15, 0.2) is 52.9 Å². The number of aromatic nitrogens is 2. The lowest BCUT2D eigenvalue weighted by Gasteiger charge is -2.18. The van der Waals surface area contributed by atoms with Crippen molar-refractivity contribution in [2.75, 3.05) is 7.05 Å². The summed E-state index contributed by atoms with van der Waals surface area (Å²) in [6.07, 6.45) is 0. The second-order valence-corrected chi connectivity index (χ2v) is 7.93. The Labute approximate surface area is 164 Å². The molecule has 1 heterocycles. The average Bonchev–Trinajstić information content (AvgIpc) is 3.09. The summed E-state index contributed by atoms with van der Waals surface area (Å²) in [5.41, 5.74) is 2.73. The maximum atomic E-state index is 12.5. The maximum absolute atomic E-state index is 12.5. The van der Waals surface area contributed by atoms with Gasteiger partial charge in [0.1, 0.15) is 0 Å². The summed E-state index contributed by atoms with van der Waals surface area (Å²) in [5, 5.41) is 8.76. The van der Waals surface area contributed by atoms with Crippen molar-refractivity contribution in [3.63, 3.8) is 0 Å². The standard InChI is InChI=1S/C21H22ClN3O2/c1-21(2,3)16-9-5-14(6-10-16)19-24-23-18(27-19)13-25(4)20(26)15-7-11-17(22)12-8-15/h5-12H,13H2,1-4H3. The molecule has 1 aromatic heterocycles. The predicted molar refractivity (Wildman–Crippen MR) is 106 cm³/mol. The quantitative estimate of drug-likeness (QED) is 0.638. The van der Waals surface area contributed by atoms with Crippen LogP contribution in [0, 0.1) is 0 Å². The molecule has 0 bridgehead atoms. The van der Waals surface area contributed by atoms with Crippen LogP contribution in [0.5, 0.6) is 0 Å². The number of hydrogen-bond donors (Lipinski definition) is 0. The number of benzene rings is 2. The maximum Gasteiger partial charge on any atom is 0.254 e. The Morgan fingerprint density at radius 1 is 1.04 bits per heavy atom. The largest absolute Gasteiger partial charge is 0.419 e. The average molecular weight is 384 g/mol. The molecule has 0 saturated heterocycles. The summed E-state index contributed by atoms with van der Waals surface area (Å²) in [5.74, 6) is 0.688. The van der Waals surface area contributed by atoms with Gasteiger partial charge in [0, 0.05) is 23.2 Å². The molecule has 3 rings (SSSR count). The van der Waals surface area contributed by atoms with E-state index in [2.05, 4.69) is 43.1 Å². The summed E-state index contributed by atoms with van der Waals surface area (Å²) in [6.45, 7) is 6.73. The minimum atomic E-state index is -0.138. The Balaban J connectivity index is 1.70. The number of amides is 1. The van der Waals surface area contributed by atoms with Gasteiger partial charge in [-0.15, -0.1) is 10.2 Å². The van der Waals surface area contributed by atoms with Crippen LogP contribution >= 0.6 is 11.6 Å². The Kier molecular flexibility index (Phi) is 5.33. The number of rotatable bonds is 4. The van der Waals surface area contributed by atoms with Crippen LogP contribution in [-0.2, 0) is 12.0 Å². The Morgan fingerprint density at radius 2 is 1.67 bits per heavy atom. The van der Waals surface area contributed by atoms with Crippen LogP contribution in [0.1, 0.15) is 42.6 Å². The highest BCUT2D eigenvalue weighted by Gasteiger charge is 2.17. The Bertz CT molecular complexity index is 925. The second kappa shape index (κ2) is 7.53. The third-order valence-electron chi connectivity index (χ3n) is 4.28. The molecule has 0 fully saturated rings. The smallest absolute Gasteiger partial charge is 0.254 e. The first-order valence-electron chi connectivity index (χ1n) is 8.68. The van der Waals surface area contributed by atoms with Gasteiger partial charge >= 0.3 is 0 Å². The minimum Gasteiger partial charge on any atom is -0.419 e. The summed E-state index contributed by atoms with van der Waals surface area (Å²) in [7, 11) is 1.69. The molecule has 0 spiro atoms. The third kappa shape index (κ3) is 4.55. The van der Waals surface area contributed by atoms with E-state index in [1.807, 2.05) is 12.1 Å². The molecular weight excluding hydrogens is 362 g/mol. The van der Waals surface area contributed by atoms with Gasteiger partial charge in [-0.2, -0.15) is 0 Å². The zero-order valence-electron chi connectivity index (χ0n) is 15.9. The first kappa shape index (κ1) is 19.1. The summed E-state index contributed by atoms with van der Waals surface area (Å²) in [6, 6.07) is 14.8. The number of hydrogen-bond acceptors (Lipinski definition) is 4. The summed E-state index contributed by atoms with van der Waals surface area (Å²) in [4.78, 5) is 14.0. The lowest BCUT2D eigenvalue weighted by atomic mass is 9.87. The van der Waals surface area contributed by atoms with E-state index in [1.165, 1.54) is 10.5 Å². The topological polar surface area (TPSA) is 59.2 Å². The Hall–Kier alpha value is -2.66. The summed E-state index contributed by atoms with van der Waals surface area (Å²) >= 11 is 5.86. The Morgan fingerprint density at radius 3 is 2.26 bits per heavy atom. The van der Waals surface area contributed by atoms with Crippen molar-refractivity contribution in [1.82, 2.24) is 15.1 Å². The SMILES string of the molecule is CN(Cc1nnc(-c2ccc(C(C)(C)C)cc2)o1)C(=O)c1ccc(Cl)cc1. The molecule has 140 valence electrons. The van der Waals surface area contributed by atoms with E-state index in [1.54, 1.807) is 31.3 Å². The monoisotopic (exact) mass is 383 g/mol. The fourth-order valence-corrected chi connectivity index (χ4v) is 2.76. The van der Waals surface area contributed by atoms with Crippen molar-refractivity contribution in [3.8, 4) is 11.5 Å². The van der Waals surface area contributed by atoms with Crippen molar-refractivity contribution in [2.24, 2.45) is 0 Å². The molecule has 0 radical (unpaired) electrons. The fraction of sp³-hybridized carbons (Fsp3) is 0.286. The van der Waals surface area contributed by atoms with E-state index in [-0.39, 0.29) is 17.9 Å². The molecule has 0 aliphatic rings. The molecule has 27 heavy (non-hydrogen) atoms. The number of halogens is 1. The zero-order valence-corrected chi connectivity index (χ0v) is 16.6. The highest BCUT2D eigenvalue weighted by Crippen LogP contribution is 2.25. The number of nitrogens with zero attached hydrogens (tertiary/aromatic N) is 3. The van der Waals surface area contributed by atoms with Crippen LogP contribution in [0.2, 0.25) is 5.02 Å². The van der Waals surface area contributed by atoms with Crippen molar-refractivity contribution in [3.05, 3.63) is 70.6 Å². The van der Waals surface area contributed by atoms with E-state index in [4.69, 9.17) is 16.0 Å². The van der Waals surface area contributed by atoms with Gasteiger partial charge in [0.2, 0.25) is 11.8 Å². The lowest BCUT2D eigenvalue weighted by Crippen LogP contribution is -2.26. The minimum absolute atomic E-state index is 0.0866. The van der Waals surface area contributed by atoms with E-state index >= 15 is 0 Å². The van der Waals surface area contributed by atoms with E-state index in [9.17, 15) is 4.79 Å². The molecule has 0 unspecified atom stereocenters. The molecule has 0 atom stereocenters. The molecule has 5 nitrogen and oxygen atoms in total. The molecule has 3 aromatic rings. The zero-order chi connectivity index (χ0) is 19.6. The van der Waals surface area contributed by atoms with Crippen LogP contribution in [0.3, 0.4) is 0 Å². The first-order chi connectivity index (χ1) is 12.7. The number of carbonyl (C=O) groups excluding carboxylic acids is 1. The first-order valence-corrected chi connectivity index (χ1v) is 9.06. The molecule has 1 amide bonds. The van der Waals surface area contributed by atoms with Gasteiger partial charge in [0.15, 0.2) is 0 Å². The van der Waals surface area contributed by atoms with Crippen LogP contribution in [0.4, 0.5) is 0 Å². The van der Waals surface area contributed by atoms with E-state index in [0.29, 0.717) is 22.4 Å². The predicted octanol–water partition coefficient (Wildman–Crippen LogP) is 4.96. The van der Waals surface area contributed by atoms with E-state index in [0.717, 1.165) is 5.56 Å². The number of carbonyl (C=O) groups is 1. The van der Waals surface area contributed by atoms with Crippen molar-refractivity contribution >= 4 is 17.5 Å². The molecule has 2 aromatic carbocycles. The van der Waals surface area contributed by atoms with Crippen LogP contribution in [0.25, 0.3) is 11.5 Å². The highest BCUT2D eigenvalue weighted by molar-refractivity contribution is 6.30. The van der Waals surface area contributed by atoms with Crippen molar-refractivity contribution < 1.29 is 9.21 Å². The third-order valence-corrected chi connectivity index (χ3v) is 4.53. The summed E-state index contributed by atoms with van der Waals surface area (Å²) < 4.78 is 5.73. The van der Waals surface area contributed by atoms with Gasteiger partial charge in [-0.25, -0.2) is 0 Å². The van der Waals surface area contributed by atoms with Gasteiger partial charge in [0.25, 0.3) is 5.91 Å². The van der Waals surface area contributed by atoms with Gasteiger partial charge < -0.3 is 9.32 Å². The lowest BCUT2D eigenvalue weighted by molar-refractivity contribution is 0.0773.